The molecule has 0 saturated heterocycles. The highest BCUT2D eigenvalue weighted by Crippen LogP contribution is 2.29. The Labute approximate surface area is 163 Å². The standard InChI is InChI=1S/C16H14N4O8S/c1-9-14(19(23)24)7-11(8-15(9)20(25)26)16(22)17-12-3-5-13(6-4-12)29(27,28)18-10(2)21/h3-8H,1-2H3,(H,17,22)(H,18,21). The molecule has 0 unspecified atom stereocenters. The highest BCUT2D eigenvalue weighted by molar-refractivity contribution is 7.90. The molecule has 0 radical (unpaired) electrons. The van der Waals surface area contributed by atoms with E-state index in [-0.39, 0.29) is 21.7 Å². The molecule has 0 aromatic heterocycles. The summed E-state index contributed by atoms with van der Waals surface area (Å²) in [7, 11) is -4.05. The van der Waals surface area contributed by atoms with Crippen molar-refractivity contribution < 1.29 is 27.9 Å². The molecule has 0 aliphatic carbocycles. The topological polar surface area (TPSA) is 179 Å². The molecule has 13 heteroatoms. The van der Waals surface area contributed by atoms with Crippen LogP contribution in [0.1, 0.15) is 22.8 Å². The molecule has 0 aliphatic rings. The van der Waals surface area contributed by atoms with Crippen LogP contribution in [0.3, 0.4) is 0 Å². The Morgan fingerprint density at radius 1 is 0.966 bits per heavy atom. The molecule has 12 nitrogen and oxygen atoms in total. The van der Waals surface area contributed by atoms with Crippen molar-refractivity contribution in [1.29, 1.82) is 0 Å². The average Bonchev–Trinajstić information content (AvgIpc) is 2.60. The zero-order chi connectivity index (χ0) is 21.9. The largest absolute Gasteiger partial charge is 0.322 e. The summed E-state index contributed by atoms with van der Waals surface area (Å²) in [4.78, 5) is 43.6. The minimum absolute atomic E-state index is 0.127. The maximum atomic E-state index is 12.4. The summed E-state index contributed by atoms with van der Waals surface area (Å²) >= 11 is 0. The second-order valence-electron chi connectivity index (χ2n) is 5.79. The number of sulfonamides is 1. The van der Waals surface area contributed by atoms with Gasteiger partial charge in [0.2, 0.25) is 5.91 Å². The summed E-state index contributed by atoms with van der Waals surface area (Å²) in [6.45, 7) is 2.23. The number of hydrogen-bond acceptors (Lipinski definition) is 8. The van der Waals surface area contributed by atoms with Gasteiger partial charge in [-0.05, 0) is 31.2 Å². The third-order valence-electron chi connectivity index (χ3n) is 3.71. The van der Waals surface area contributed by atoms with Gasteiger partial charge in [-0.1, -0.05) is 0 Å². The van der Waals surface area contributed by atoms with Crippen LogP contribution in [0.2, 0.25) is 0 Å². The van der Waals surface area contributed by atoms with Crippen LogP contribution in [0.15, 0.2) is 41.3 Å². The van der Waals surface area contributed by atoms with Gasteiger partial charge in [0.1, 0.15) is 5.56 Å². The number of nitro benzene ring substituents is 2. The average molecular weight is 422 g/mol. The smallest absolute Gasteiger partial charge is 0.279 e. The molecule has 2 aromatic carbocycles. The molecule has 0 fully saturated rings. The predicted octanol–water partition coefficient (Wildman–Crippen LogP) is 1.89. The van der Waals surface area contributed by atoms with Crippen LogP contribution in [0.25, 0.3) is 0 Å². The van der Waals surface area contributed by atoms with Gasteiger partial charge in [-0.25, -0.2) is 13.1 Å². The first-order valence-corrected chi connectivity index (χ1v) is 9.29. The molecule has 0 aliphatic heterocycles. The fraction of sp³-hybridized carbons (Fsp3) is 0.125. The van der Waals surface area contributed by atoms with Gasteiger partial charge in [0.15, 0.2) is 0 Å². The molecular formula is C16H14N4O8S. The summed E-state index contributed by atoms with van der Waals surface area (Å²) in [5, 5.41) is 24.6. The summed E-state index contributed by atoms with van der Waals surface area (Å²) in [5.41, 5.74) is -1.54. The summed E-state index contributed by atoms with van der Waals surface area (Å²) < 4.78 is 25.5. The number of carbonyl (C=O) groups excluding carboxylic acids is 2. The van der Waals surface area contributed by atoms with E-state index in [0.717, 1.165) is 31.2 Å². The molecular weight excluding hydrogens is 408 g/mol. The number of nitrogens with zero attached hydrogens (tertiary/aromatic N) is 2. The van der Waals surface area contributed by atoms with Gasteiger partial charge in [-0.2, -0.15) is 0 Å². The van der Waals surface area contributed by atoms with E-state index in [2.05, 4.69) is 5.32 Å². The van der Waals surface area contributed by atoms with Crippen molar-refractivity contribution in [2.24, 2.45) is 0 Å². The molecule has 0 spiro atoms. The lowest BCUT2D eigenvalue weighted by Gasteiger charge is -2.08. The zero-order valence-electron chi connectivity index (χ0n) is 15.0. The van der Waals surface area contributed by atoms with E-state index in [9.17, 15) is 38.2 Å². The molecule has 29 heavy (non-hydrogen) atoms. The summed E-state index contributed by atoms with van der Waals surface area (Å²) in [6.07, 6.45) is 0. The fourth-order valence-corrected chi connectivity index (χ4v) is 3.35. The maximum absolute atomic E-state index is 12.4. The Bertz CT molecular complexity index is 1090. The van der Waals surface area contributed by atoms with Gasteiger partial charge >= 0.3 is 0 Å². The van der Waals surface area contributed by atoms with Crippen molar-refractivity contribution in [2.75, 3.05) is 5.32 Å². The van der Waals surface area contributed by atoms with Gasteiger partial charge in [0.05, 0.1) is 20.3 Å². The minimum Gasteiger partial charge on any atom is -0.322 e. The zero-order valence-corrected chi connectivity index (χ0v) is 15.8. The number of amides is 2. The Morgan fingerprint density at radius 2 is 1.45 bits per heavy atom. The van der Waals surface area contributed by atoms with Crippen LogP contribution in [-0.4, -0.2) is 30.1 Å². The fourth-order valence-electron chi connectivity index (χ4n) is 2.36. The second kappa shape index (κ2) is 8.02. The maximum Gasteiger partial charge on any atom is 0.279 e. The lowest BCUT2D eigenvalue weighted by atomic mass is 10.1. The van der Waals surface area contributed by atoms with Crippen molar-refractivity contribution in [2.45, 2.75) is 18.7 Å². The third kappa shape index (κ3) is 4.90. The van der Waals surface area contributed by atoms with E-state index in [1.165, 1.54) is 19.1 Å². The predicted molar refractivity (Wildman–Crippen MR) is 99.9 cm³/mol. The molecule has 0 atom stereocenters. The monoisotopic (exact) mass is 422 g/mol. The number of nitrogens with one attached hydrogen (secondary N) is 2. The van der Waals surface area contributed by atoms with Gasteiger partial charge < -0.3 is 5.32 Å². The molecule has 2 aromatic rings. The Hall–Kier alpha value is -3.87. The molecule has 0 bridgehead atoms. The van der Waals surface area contributed by atoms with E-state index in [1.54, 1.807) is 4.72 Å². The Morgan fingerprint density at radius 3 is 1.86 bits per heavy atom. The van der Waals surface area contributed by atoms with Crippen LogP contribution in [0.4, 0.5) is 17.1 Å². The molecule has 0 saturated carbocycles. The molecule has 2 rings (SSSR count). The first-order chi connectivity index (χ1) is 13.4. The van der Waals surface area contributed by atoms with Crippen LogP contribution in [0, 0.1) is 27.2 Å². The quantitative estimate of drug-likeness (QED) is 0.523. The van der Waals surface area contributed by atoms with Crippen LogP contribution in [-0.2, 0) is 14.8 Å². The van der Waals surface area contributed by atoms with Crippen molar-refractivity contribution in [3.63, 3.8) is 0 Å². The normalized spacial score (nSPS) is 10.8. The first-order valence-electron chi connectivity index (χ1n) is 7.80. The van der Waals surface area contributed by atoms with Crippen molar-refractivity contribution in [3.05, 3.63) is 67.8 Å². The second-order valence-corrected chi connectivity index (χ2v) is 7.48. The third-order valence-corrected chi connectivity index (χ3v) is 5.16. The van der Waals surface area contributed by atoms with E-state index in [0.29, 0.717) is 0 Å². The van der Waals surface area contributed by atoms with Gasteiger partial charge in [0.25, 0.3) is 27.3 Å². The number of anilines is 1. The molecule has 2 N–H and O–H groups in total. The number of rotatable bonds is 6. The summed E-state index contributed by atoms with van der Waals surface area (Å²) in [6, 6.07) is 6.52. The van der Waals surface area contributed by atoms with Crippen LogP contribution in [0.5, 0.6) is 0 Å². The Balaban J connectivity index is 2.32. The first kappa shape index (κ1) is 21.4. The van der Waals surface area contributed by atoms with Crippen molar-refractivity contribution >= 4 is 38.9 Å². The van der Waals surface area contributed by atoms with E-state index < -0.39 is 43.1 Å². The summed E-state index contributed by atoms with van der Waals surface area (Å²) in [5.74, 6) is -1.64. The lowest BCUT2D eigenvalue weighted by Crippen LogP contribution is -2.28. The Kier molecular flexibility index (Phi) is 5.92. The van der Waals surface area contributed by atoms with Crippen molar-refractivity contribution in [1.82, 2.24) is 4.72 Å². The van der Waals surface area contributed by atoms with Crippen LogP contribution < -0.4 is 10.0 Å². The van der Waals surface area contributed by atoms with Gasteiger partial charge in [-0.3, -0.25) is 29.8 Å². The molecule has 2 amide bonds. The number of nitro groups is 2. The molecule has 0 heterocycles. The van der Waals surface area contributed by atoms with E-state index in [4.69, 9.17) is 0 Å². The van der Waals surface area contributed by atoms with Crippen molar-refractivity contribution in [3.8, 4) is 0 Å². The molecule has 152 valence electrons. The van der Waals surface area contributed by atoms with Crippen LogP contribution >= 0.6 is 0 Å². The number of benzene rings is 2. The number of carbonyl (C=O) groups is 2. The van der Waals surface area contributed by atoms with Gasteiger partial charge in [0, 0.05) is 24.7 Å². The minimum atomic E-state index is -4.05. The van der Waals surface area contributed by atoms with E-state index >= 15 is 0 Å². The highest BCUT2D eigenvalue weighted by Gasteiger charge is 2.25. The van der Waals surface area contributed by atoms with E-state index in [1.807, 2.05) is 0 Å². The number of hydrogen-bond donors (Lipinski definition) is 2. The van der Waals surface area contributed by atoms with Gasteiger partial charge in [-0.15, -0.1) is 0 Å². The highest BCUT2D eigenvalue weighted by atomic mass is 32.2. The lowest BCUT2D eigenvalue weighted by molar-refractivity contribution is -0.395. The SMILES string of the molecule is CC(=O)NS(=O)(=O)c1ccc(NC(=O)c2cc([N+](=O)[O-])c(C)c([N+](=O)[O-])c2)cc1.